The number of benzene rings is 2. The molecule has 1 N–H and O–H groups in total. The van der Waals surface area contributed by atoms with Crippen LogP contribution in [0.5, 0.6) is 0 Å². The van der Waals surface area contributed by atoms with E-state index >= 15 is 0 Å². The first-order valence-corrected chi connectivity index (χ1v) is 11.7. The lowest BCUT2D eigenvalue weighted by molar-refractivity contribution is -0.116. The Morgan fingerprint density at radius 1 is 1.15 bits per heavy atom. The predicted molar refractivity (Wildman–Crippen MR) is 127 cm³/mol. The maximum atomic E-state index is 13.2. The second-order valence-electron chi connectivity index (χ2n) is 7.66. The van der Waals surface area contributed by atoms with E-state index in [1.54, 1.807) is 48.7 Å². The molecule has 0 aliphatic carbocycles. The van der Waals surface area contributed by atoms with Crippen molar-refractivity contribution in [1.82, 2.24) is 9.55 Å². The summed E-state index contributed by atoms with van der Waals surface area (Å²) in [4.78, 5) is 42.3. The number of Topliss-reactive ketones (excluding diaryl/α,β-unsaturated/α-hetero) is 1. The summed E-state index contributed by atoms with van der Waals surface area (Å²) in [6, 6.07) is 13.8. The smallest absolute Gasteiger partial charge is 0.262 e. The van der Waals surface area contributed by atoms with Crippen molar-refractivity contribution >= 4 is 51.6 Å². The first-order chi connectivity index (χ1) is 16.0. The molecule has 0 saturated carbocycles. The molecule has 0 spiro atoms. The van der Waals surface area contributed by atoms with Crippen LogP contribution in [-0.2, 0) is 17.8 Å². The van der Waals surface area contributed by atoms with Crippen molar-refractivity contribution in [3.05, 3.63) is 87.1 Å². The van der Waals surface area contributed by atoms with Gasteiger partial charge in [0.1, 0.15) is 5.76 Å². The number of aromatic nitrogens is 2. The average Bonchev–Trinajstić information content (AvgIpc) is 3.32. The maximum absolute atomic E-state index is 13.2. The third kappa shape index (κ3) is 4.44. The third-order valence-electron chi connectivity index (χ3n) is 5.43. The molecule has 7 nitrogen and oxygen atoms in total. The zero-order valence-electron chi connectivity index (χ0n) is 17.3. The Morgan fingerprint density at radius 3 is 2.85 bits per heavy atom. The minimum atomic E-state index is -0.229. The summed E-state index contributed by atoms with van der Waals surface area (Å²) in [5.74, 6) is 0.595. The highest BCUT2D eigenvalue weighted by atomic mass is 35.5. The van der Waals surface area contributed by atoms with E-state index in [1.807, 2.05) is 6.07 Å². The normalized spacial score (nSPS) is 13.1. The summed E-state index contributed by atoms with van der Waals surface area (Å²) >= 11 is 7.29. The van der Waals surface area contributed by atoms with E-state index in [-0.39, 0.29) is 29.5 Å². The first-order valence-electron chi connectivity index (χ1n) is 10.3. The number of aryl methyl sites for hydroxylation is 1. The molecular formula is C24H18ClN3O4S. The monoisotopic (exact) mass is 479 g/mol. The second-order valence-corrected chi connectivity index (χ2v) is 9.04. The minimum Gasteiger partial charge on any atom is -0.467 e. The largest absolute Gasteiger partial charge is 0.467 e. The van der Waals surface area contributed by atoms with Gasteiger partial charge in [0.25, 0.3) is 5.56 Å². The Balaban J connectivity index is 1.44. The average molecular weight is 480 g/mol. The fourth-order valence-corrected chi connectivity index (χ4v) is 4.81. The van der Waals surface area contributed by atoms with Crippen molar-refractivity contribution in [2.45, 2.75) is 24.5 Å². The molecule has 9 heteroatoms. The molecule has 1 amide bonds. The number of hydrogen-bond donors (Lipinski definition) is 1. The number of rotatable bonds is 6. The Labute approximate surface area is 197 Å². The number of carbonyl (C=O) groups excluding carboxylic acids is 2. The summed E-state index contributed by atoms with van der Waals surface area (Å²) in [5.41, 5.74) is 2.49. The van der Waals surface area contributed by atoms with Crippen molar-refractivity contribution in [1.29, 1.82) is 0 Å². The third-order valence-corrected chi connectivity index (χ3v) is 6.64. The van der Waals surface area contributed by atoms with Crippen LogP contribution in [0, 0.1) is 0 Å². The molecular weight excluding hydrogens is 462 g/mol. The lowest BCUT2D eigenvalue weighted by Gasteiger charge is -2.17. The van der Waals surface area contributed by atoms with Gasteiger partial charge in [-0.3, -0.25) is 19.0 Å². The summed E-state index contributed by atoms with van der Waals surface area (Å²) in [6.07, 6.45) is 2.55. The van der Waals surface area contributed by atoms with Gasteiger partial charge in [-0.25, -0.2) is 4.98 Å². The molecule has 33 heavy (non-hydrogen) atoms. The van der Waals surface area contributed by atoms with Crippen LogP contribution in [0.15, 0.2) is 69.2 Å². The zero-order valence-corrected chi connectivity index (χ0v) is 18.9. The number of halogens is 1. The van der Waals surface area contributed by atoms with Crippen LogP contribution in [0.4, 0.5) is 5.69 Å². The fourth-order valence-electron chi connectivity index (χ4n) is 3.75. The molecule has 5 rings (SSSR count). The van der Waals surface area contributed by atoms with E-state index in [0.29, 0.717) is 45.2 Å². The van der Waals surface area contributed by atoms with Crippen molar-refractivity contribution in [3.63, 3.8) is 0 Å². The molecule has 0 fully saturated rings. The van der Waals surface area contributed by atoms with E-state index < -0.39 is 0 Å². The molecule has 166 valence electrons. The topological polar surface area (TPSA) is 94.2 Å². The quantitative estimate of drug-likeness (QED) is 0.248. The van der Waals surface area contributed by atoms with Gasteiger partial charge in [0.05, 0.1) is 29.5 Å². The van der Waals surface area contributed by atoms with Crippen molar-refractivity contribution < 1.29 is 14.0 Å². The number of nitrogens with one attached hydrogen (secondary N) is 1. The number of thioether (sulfide) groups is 1. The van der Waals surface area contributed by atoms with Gasteiger partial charge in [0, 0.05) is 22.7 Å². The number of amides is 1. The summed E-state index contributed by atoms with van der Waals surface area (Å²) in [5, 5.41) is 4.15. The lowest BCUT2D eigenvalue weighted by atomic mass is 9.99. The van der Waals surface area contributed by atoms with E-state index in [0.717, 1.165) is 11.3 Å². The van der Waals surface area contributed by atoms with Gasteiger partial charge in [-0.05, 0) is 60.5 Å². The summed E-state index contributed by atoms with van der Waals surface area (Å²) < 4.78 is 6.93. The van der Waals surface area contributed by atoms with Gasteiger partial charge in [-0.1, -0.05) is 23.4 Å². The van der Waals surface area contributed by atoms with E-state index in [9.17, 15) is 14.4 Å². The summed E-state index contributed by atoms with van der Waals surface area (Å²) in [7, 11) is 0. The Morgan fingerprint density at radius 2 is 2.03 bits per heavy atom. The van der Waals surface area contributed by atoms with E-state index in [4.69, 9.17) is 16.0 Å². The number of furan rings is 1. The number of ketones is 1. The van der Waals surface area contributed by atoms with Gasteiger partial charge in [-0.15, -0.1) is 0 Å². The molecule has 0 saturated heterocycles. The van der Waals surface area contributed by atoms with E-state index in [2.05, 4.69) is 10.3 Å². The Kier molecular flexibility index (Phi) is 5.78. The standard InChI is InChI=1S/C24H18ClN3O4S/c25-16-5-6-18-20(11-16)27-24(28(23(18)31)12-17-2-1-9-32-17)33-13-21(29)15-3-7-19-14(10-15)4-8-22(30)26-19/h1-3,5-7,9-11H,4,8,12-13H2,(H,26,30). The lowest BCUT2D eigenvalue weighted by Crippen LogP contribution is -2.24. The van der Waals surface area contributed by atoms with Gasteiger partial charge in [-0.2, -0.15) is 0 Å². The first kappa shape index (κ1) is 21.5. The molecule has 0 atom stereocenters. The number of anilines is 1. The number of fused-ring (bicyclic) bond motifs is 2. The van der Waals surface area contributed by atoms with Gasteiger partial charge < -0.3 is 9.73 Å². The zero-order chi connectivity index (χ0) is 22.9. The highest BCUT2D eigenvalue weighted by Crippen LogP contribution is 2.26. The van der Waals surface area contributed by atoms with Gasteiger partial charge in [0.15, 0.2) is 10.9 Å². The molecule has 0 radical (unpaired) electrons. The van der Waals surface area contributed by atoms with Crippen molar-refractivity contribution in [2.24, 2.45) is 0 Å². The molecule has 3 heterocycles. The number of hydrogen-bond acceptors (Lipinski definition) is 6. The van der Waals surface area contributed by atoms with Gasteiger partial charge in [0.2, 0.25) is 5.91 Å². The van der Waals surface area contributed by atoms with Crippen LogP contribution in [0.2, 0.25) is 5.02 Å². The second kappa shape index (κ2) is 8.88. The SMILES string of the molecule is O=C1CCc2cc(C(=O)CSc3nc4cc(Cl)ccc4c(=O)n3Cc3ccco3)ccc2N1. The molecule has 0 bridgehead atoms. The molecule has 2 aromatic carbocycles. The van der Waals surface area contributed by atoms with Gasteiger partial charge >= 0.3 is 0 Å². The molecule has 1 aliphatic rings. The van der Waals surface area contributed by atoms with Crippen LogP contribution >= 0.6 is 23.4 Å². The highest BCUT2D eigenvalue weighted by Gasteiger charge is 2.19. The predicted octanol–water partition coefficient (Wildman–Crippen LogP) is 4.55. The molecule has 2 aromatic heterocycles. The van der Waals surface area contributed by atoms with E-state index in [1.165, 1.54) is 16.3 Å². The molecule has 0 unspecified atom stereocenters. The van der Waals surface area contributed by atoms with Crippen LogP contribution in [0.1, 0.15) is 28.1 Å². The molecule has 4 aromatic rings. The van der Waals surface area contributed by atoms with Crippen LogP contribution in [0.25, 0.3) is 10.9 Å². The van der Waals surface area contributed by atoms with Crippen molar-refractivity contribution in [3.8, 4) is 0 Å². The van der Waals surface area contributed by atoms with Crippen molar-refractivity contribution in [2.75, 3.05) is 11.1 Å². The highest BCUT2D eigenvalue weighted by molar-refractivity contribution is 7.99. The maximum Gasteiger partial charge on any atom is 0.262 e. The number of carbonyl (C=O) groups is 2. The Hall–Kier alpha value is -3.36. The number of nitrogens with zero attached hydrogens (tertiary/aromatic N) is 2. The molecule has 1 aliphatic heterocycles. The van der Waals surface area contributed by atoms with Crippen LogP contribution in [-0.4, -0.2) is 27.0 Å². The minimum absolute atomic E-state index is 0.0193. The Bertz CT molecular complexity index is 1450. The van der Waals surface area contributed by atoms with Crippen LogP contribution in [0.3, 0.4) is 0 Å². The fraction of sp³-hybridized carbons (Fsp3) is 0.167. The summed E-state index contributed by atoms with van der Waals surface area (Å²) in [6.45, 7) is 0.201. The van der Waals surface area contributed by atoms with Crippen LogP contribution < -0.4 is 10.9 Å².